The number of carbonyl (C=O) groups excluding carboxylic acids is 2. The van der Waals surface area contributed by atoms with Gasteiger partial charge in [0.15, 0.2) is 0 Å². The van der Waals surface area contributed by atoms with E-state index < -0.39 is 0 Å². The summed E-state index contributed by atoms with van der Waals surface area (Å²) in [5, 5.41) is 3.66. The third-order valence-corrected chi connectivity index (χ3v) is 5.15. The van der Waals surface area contributed by atoms with Crippen LogP contribution in [-0.2, 0) is 16.0 Å². The zero-order valence-corrected chi connectivity index (χ0v) is 15.9. The minimum atomic E-state index is 0.00818. The molecule has 2 rings (SSSR count). The van der Waals surface area contributed by atoms with Gasteiger partial charge in [-0.25, -0.2) is 0 Å². The molecule has 0 spiro atoms. The van der Waals surface area contributed by atoms with Crippen molar-refractivity contribution >= 4 is 23.4 Å². The van der Waals surface area contributed by atoms with Crippen LogP contribution in [0.1, 0.15) is 57.4 Å². The number of benzene rings is 1. The van der Waals surface area contributed by atoms with Crippen molar-refractivity contribution in [3.05, 3.63) is 34.9 Å². The molecule has 1 fully saturated rings. The predicted octanol–water partition coefficient (Wildman–Crippen LogP) is 3.96. The number of rotatable bonds is 7. The second kappa shape index (κ2) is 10.4. The Bertz CT molecular complexity index is 551. The standard InChI is InChI=1S/C20H29ClN2O2/c1-16(24)23(19-6-4-2-3-5-7-19)15-13-20(25)22-14-12-17-8-10-18(21)11-9-17/h8-11,19H,2-7,12-15H2,1H3,(H,22,25). The summed E-state index contributed by atoms with van der Waals surface area (Å²) in [5.41, 5.74) is 1.15. The number of nitrogens with zero attached hydrogens (tertiary/aromatic N) is 1. The summed E-state index contributed by atoms with van der Waals surface area (Å²) in [7, 11) is 0. The SMILES string of the molecule is CC(=O)N(CCC(=O)NCCc1ccc(Cl)cc1)C1CCCCCC1. The lowest BCUT2D eigenvalue weighted by atomic mass is 10.1. The van der Waals surface area contributed by atoms with Crippen LogP contribution in [0.5, 0.6) is 0 Å². The normalized spacial score (nSPS) is 15.4. The molecule has 0 radical (unpaired) electrons. The number of amides is 2. The molecular formula is C20H29ClN2O2. The Morgan fingerprint density at radius 2 is 1.76 bits per heavy atom. The first-order valence-corrected chi connectivity index (χ1v) is 9.72. The Kier molecular flexibility index (Phi) is 8.26. The molecule has 0 aromatic heterocycles. The second-order valence-corrected chi connectivity index (χ2v) is 7.27. The van der Waals surface area contributed by atoms with Crippen LogP contribution in [0.3, 0.4) is 0 Å². The highest BCUT2D eigenvalue weighted by Crippen LogP contribution is 2.22. The number of hydrogen-bond acceptors (Lipinski definition) is 2. The lowest BCUT2D eigenvalue weighted by molar-refractivity contribution is -0.132. The van der Waals surface area contributed by atoms with Gasteiger partial charge < -0.3 is 10.2 Å². The monoisotopic (exact) mass is 364 g/mol. The van der Waals surface area contributed by atoms with Crippen molar-refractivity contribution in [1.29, 1.82) is 0 Å². The van der Waals surface area contributed by atoms with Gasteiger partial charge in [-0.15, -0.1) is 0 Å². The van der Waals surface area contributed by atoms with E-state index in [1.807, 2.05) is 29.2 Å². The minimum absolute atomic E-state index is 0.00818. The van der Waals surface area contributed by atoms with Gasteiger partial charge in [0.2, 0.25) is 11.8 Å². The molecule has 0 bridgehead atoms. The molecule has 0 aliphatic heterocycles. The molecule has 2 amide bonds. The fraction of sp³-hybridized carbons (Fsp3) is 0.600. The molecule has 0 unspecified atom stereocenters. The average Bonchev–Trinajstić information content (AvgIpc) is 2.86. The topological polar surface area (TPSA) is 49.4 Å². The first-order chi connectivity index (χ1) is 12.1. The molecule has 0 atom stereocenters. The summed E-state index contributed by atoms with van der Waals surface area (Å²) in [4.78, 5) is 26.0. The van der Waals surface area contributed by atoms with E-state index in [9.17, 15) is 9.59 Å². The van der Waals surface area contributed by atoms with Crippen LogP contribution < -0.4 is 5.32 Å². The number of halogens is 1. The van der Waals surface area contributed by atoms with Gasteiger partial charge in [0.1, 0.15) is 0 Å². The summed E-state index contributed by atoms with van der Waals surface area (Å²) < 4.78 is 0. The van der Waals surface area contributed by atoms with Crippen LogP contribution in [-0.4, -0.2) is 35.8 Å². The largest absolute Gasteiger partial charge is 0.356 e. The fourth-order valence-electron chi connectivity index (χ4n) is 3.47. The maximum atomic E-state index is 12.1. The highest BCUT2D eigenvalue weighted by atomic mass is 35.5. The smallest absolute Gasteiger partial charge is 0.221 e. The molecule has 0 heterocycles. The van der Waals surface area contributed by atoms with Gasteiger partial charge >= 0.3 is 0 Å². The van der Waals surface area contributed by atoms with E-state index >= 15 is 0 Å². The fourth-order valence-corrected chi connectivity index (χ4v) is 3.60. The van der Waals surface area contributed by atoms with Crippen molar-refractivity contribution in [2.45, 2.75) is 64.3 Å². The van der Waals surface area contributed by atoms with Crippen molar-refractivity contribution in [3.63, 3.8) is 0 Å². The second-order valence-electron chi connectivity index (χ2n) is 6.83. The lowest BCUT2D eigenvalue weighted by Gasteiger charge is -2.30. The zero-order chi connectivity index (χ0) is 18.1. The molecule has 1 saturated carbocycles. The van der Waals surface area contributed by atoms with Crippen LogP contribution in [0.15, 0.2) is 24.3 Å². The summed E-state index contributed by atoms with van der Waals surface area (Å²) >= 11 is 5.86. The van der Waals surface area contributed by atoms with E-state index in [0.717, 1.165) is 29.8 Å². The number of carbonyl (C=O) groups is 2. The Labute approximate surface area is 155 Å². The van der Waals surface area contributed by atoms with E-state index in [2.05, 4.69) is 5.32 Å². The van der Waals surface area contributed by atoms with E-state index in [4.69, 9.17) is 11.6 Å². The molecule has 1 aromatic rings. The van der Waals surface area contributed by atoms with Gasteiger partial charge in [0.05, 0.1) is 0 Å². The minimum Gasteiger partial charge on any atom is -0.356 e. The van der Waals surface area contributed by atoms with Crippen LogP contribution in [0.25, 0.3) is 0 Å². The molecule has 25 heavy (non-hydrogen) atoms. The number of nitrogens with one attached hydrogen (secondary N) is 1. The molecule has 4 nitrogen and oxygen atoms in total. The summed E-state index contributed by atoms with van der Waals surface area (Å²) in [6.07, 6.45) is 8.17. The molecule has 138 valence electrons. The van der Waals surface area contributed by atoms with Crippen molar-refractivity contribution in [1.82, 2.24) is 10.2 Å². The summed E-state index contributed by atoms with van der Waals surface area (Å²) in [6, 6.07) is 7.96. The lowest BCUT2D eigenvalue weighted by Crippen LogP contribution is -2.41. The van der Waals surface area contributed by atoms with E-state index in [1.54, 1.807) is 6.92 Å². The molecular weight excluding hydrogens is 336 g/mol. The van der Waals surface area contributed by atoms with Gasteiger partial charge in [-0.1, -0.05) is 49.4 Å². The van der Waals surface area contributed by atoms with E-state index in [-0.39, 0.29) is 11.8 Å². The number of hydrogen-bond donors (Lipinski definition) is 1. The molecule has 1 aliphatic rings. The molecule has 0 saturated heterocycles. The van der Waals surface area contributed by atoms with Gasteiger partial charge in [0.25, 0.3) is 0 Å². The highest BCUT2D eigenvalue weighted by Gasteiger charge is 2.22. The van der Waals surface area contributed by atoms with E-state index in [1.165, 1.54) is 25.7 Å². The van der Waals surface area contributed by atoms with Crippen LogP contribution in [0.4, 0.5) is 0 Å². The summed E-state index contributed by atoms with van der Waals surface area (Å²) in [5.74, 6) is 0.0923. The third kappa shape index (κ3) is 7.07. The maximum Gasteiger partial charge on any atom is 0.221 e. The molecule has 5 heteroatoms. The first-order valence-electron chi connectivity index (χ1n) is 9.34. The maximum absolute atomic E-state index is 12.1. The predicted molar refractivity (Wildman–Crippen MR) is 102 cm³/mol. The highest BCUT2D eigenvalue weighted by molar-refractivity contribution is 6.30. The molecule has 1 aromatic carbocycles. The Hall–Kier alpha value is -1.55. The molecule has 1 N–H and O–H groups in total. The zero-order valence-electron chi connectivity index (χ0n) is 15.1. The van der Waals surface area contributed by atoms with Crippen molar-refractivity contribution in [2.75, 3.05) is 13.1 Å². The molecule has 1 aliphatic carbocycles. The van der Waals surface area contributed by atoms with Gasteiger partial charge in [-0.05, 0) is 37.0 Å². The third-order valence-electron chi connectivity index (χ3n) is 4.90. The van der Waals surface area contributed by atoms with Crippen molar-refractivity contribution < 1.29 is 9.59 Å². The van der Waals surface area contributed by atoms with E-state index in [0.29, 0.717) is 25.6 Å². The average molecular weight is 365 g/mol. The first kappa shape index (κ1) is 19.8. The van der Waals surface area contributed by atoms with Gasteiger partial charge in [-0.2, -0.15) is 0 Å². The van der Waals surface area contributed by atoms with Crippen LogP contribution in [0, 0.1) is 0 Å². The van der Waals surface area contributed by atoms with Crippen LogP contribution >= 0.6 is 11.6 Å². The Balaban J connectivity index is 1.72. The Morgan fingerprint density at radius 1 is 1.12 bits per heavy atom. The van der Waals surface area contributed by atoms with Gasteiger partial charge in [0, 0.05) is 37.5 Å². The van der Waals surface area contributed by atoms with Gasteiger partial charge in [-0.3, -0.25) is 9.59 Å². The van der Waals surface area contributed by atoms with Crippen molar-refractivity contribution in [2.24, 2.45) is 0 Å². The quantitative estimate of drug-likeness (QED) is 0.744. The van der Waals surface area contributed by atoms with Crippen LogP contribution in [0.2, 0.25) is 5.02 Å². The Morgan fingerprint density at radius 3 is 2.36 bits per heavy atom. The van der Waals surface area contributed by atoms with Crippen molar-refractivity contribution in [3.8, 4) is 0 Å². The summed E-state index contributed by atoms with van der Waals surface area (Å²) in [6.45, 7) is 2.74.